The Morgan fingerprint density at radius 2 is 2.14 bits per heavy atom. The Morgan fingerprint density at radius 1 is 1.32 bits per heavy atom. The van der Waals surface area contributed by atoms with Gasteiger partial charge in [0.25, 0.3) is 0 Å². The number of hydrogen-bond donors (Lipinski definition) is 2. The molecule has 0 spiro atoms. The average molecular weight is 365 g/mol. The zero-order chi connectivity index (χ0) is 15.9. The lowest BCUT2D eigenvalue weighted by Gasteiger charge is -2.12. The summed E-state index contributed by atoms with van der Waals surface area (Å²) in [6.07, 6.45) is 1.62. The van der Waals surface area contributed by atoms with E-state index in [2.05, 4.69) is 20.6 Å². The van der Waals surface area contributed by atoms with Gasteiger partial charge >= 0.3 is 0 Å². The second-order valence-electron chi connectivity index (χ2n) is 4.33. The maximum absolute atomic E-state index is 12.9. The summed E-state index contributed by atoms with van der Waals surface area (Å²) < 4.78 is 18.4. The largest absolute Gasteiger partial charge is 0.383 e. The van der Waals surface area contributed by atoms with Gasteiger partial charge < -0.3 is 15.4 Å². The quantitative estimate of drug-likeness (QED) is 0.547. The van der Waals surface area contributed by atoms with Crippen LogP contribution in [0.4, 0.5) is 15.9 Å². The zero-order valence-electron chi connectivity index (χ0n) is 11.8. The minimum Gasteiger partial charge on any atom is -0.383 e. The van der Waals surface area contributed by atoms with E-state index in [1.165, 1.54) is 11.3 Å². The van der Waals surface area contributed by atoms with E-state index in [0.717, 1.165) is 5.56 Å². The number of thiophene rings is 1. The highest BCUT2D eigenvalue weighted by Gasteiger charge is 2.12. The normalized spacial score (nSPS) is 10.7. The molecule has 2 aromatic heterocycles. The number of nitrogens with one attached hydrogen (secondary N) is 2. The van der Waals surface area contributed by atoms with E-state index in [1.807, 2.05) is 0 Å². The van der Waals surface area contributed by atoms with E-state index in [-0.39, 0.29) is 5.28 Å². The summed E-state index contributed by atoms with van der Waals surface area (Å²) in [7, 11) is 1.62. The molecular weight excluding hydrogens is 350 g/mol. The first-order valence-corrected chi connectivity index (χ1v) is 8.09. The molecule has 0 saturated heterocycles. The number of hydrogen-bond acceptors (Lipinski definition) is 6. The third-order valence-corrected chi connectivity index (χ3v) is 4.31. The third-order valence-electron chi connectivity index (χ3n) is 2.86. The molecule has 0 fully saturated rings. The molecule has 9 heteroatoms. The lowest BCUT2D eigenvalue weighted by Crippen LogP contribution is -2.13. The average Bonchev–Trinajstić information content (AvgIpc) is 2.87. The van der Waals surface area contributed by atoms with Crippen molar-refractivity contribution in [3.8, 4) is 0 Å². The Hall–Kier alpha value is -1.15. The molecule has 0 atom stereocenters. The maximum atomic E-state index is 12.9. The summed E-state index contributed by atoms with van der Waals surface area (Å²) in [5.74, 6) is 0.609. The Kier molecular flexibility index (Phi) is 6.63. The molecule has 2 aromatic rings. The van der Waals surface area contributed by atoms with E-state index < -0.39 is 6.67 Å². The van der Waals surface area contributed by atoms with E-state index in [4.69, 9.17) is 27.9 Å². The van der Waals surface area contributed by atoms with Gasteiger partial charge in [0.2, 0.25) is 5.28 Å². The van der Waals surface area contributed by atoms with Crippen LogP contribution in [-0.4, -0.2) is 30.2 Å². The van der Waals surface area contributed by atoms with Gasteiger partial charge in [-0.25, -0.2) is 14.4 Å². The highest BCUT2D eigenvalue weighted by Crippen LogP contribution is 2.34. The standard InChI is InChI=1S/C13H15Cl2FN4OS/c1-21-3-2-17-12-9(6-19-13(15)20-12)5-18-10-8(4-16)7-22-11(10)14/h6-7,18H,2-5H2,1H3,(H,17,19,20). The lowest BCUT2D eigenvalue weighted by molar-refractivity contribution is 0.210. The number of methoxy groups -OCH3 is 1. The molecular formula is C13H15Cl2FN4OS. The van der Waals surface area contributed by atoms with Crippen LogP contribution in [0, 0.1) is 0 Å². The number of nitrogens with zero attached hydrogens (tertiary/aromatic N) is 2. The van der Waals surface area contributed by atoms with Gasteiger partial charge in [-0.1, -0.05) is 11.6 Å². The molecule has 0 aromatic carbocycles. The van der Waals surface area contributed by atoms with E-state index in [1.54, 1.807) is 18.7 Å². The van der Waals surface area contributed by atoms with Gasteiger partial charge in [-0.05, 0) is 11.6 Å². The summed E-state index contributed by atoms with van der Waals surface area (Å²) >= 11 is 13.2. The molecule has 2 N–H and O–H groups in total. The second-order valence-corrected chi connectivity index (χ2v) is 6.15. The fraction of sp³-hybridized carbons (Fsp3) is 0.385. The Balaban J connectivity index is 2.09. The highest BCUT2D eigenvalue weighted by molar-refractivity contribution is 7.15. The monoisotopic (exact) mass is 364 g/mol. The van der Waals surface area contributed by atoms with Crippen molar-refractivity contribution in [3.63, 3.8) is 0 Å². The Labute approximate surface area is 141 Å². The van der Waals surface area contributed by atoms with Crippen LogP contribution in [0.1, 0.15) is 11.1 Å². The van der Waals surface area contributed by atoms with Crippen LogP contribution < -0.4 is 10.6 Å². The van der Waals surface area contributed by atoms with Crippen molar-refractivity contribution < 1.29 is 9.13 Å². The van der Waals surface area contributed by atoms with E-state index >= 15 is 0 Å². The van der Waals surface area contributed by atoms with Gasteiger partial charge in [-0.2, -0.15) is 0 Å². The molecule has 5 nitrogen and oxygen atoms in total. The van der Waals surface area contributed by atoms with Crippen LogP contribution in [0.25, 0.3) is 0 Å². The molecule has 0 bridgehead atoms. The summed E-state index contributed by atoms with van der Waals surface area (Å²) in [4.78, 5) is 8.12. The zero-order valence-corrected chi connectivity index (χ0v) is 14.2. The molecule has 0 aliphatic heterocycles. The minimum atomic E-state index is -0.568. The molecule has 0 unspecified atom stereocenters. The van der Waals surface area contributed by atoms with Crippen LogP contribution >= 0.6 is 34.5 Å². The van der Waals surface area contributed by atoms with Crippen molar-refractivity contribution in [2.24, 2.45) is 0 Å². The molecule has 0 aliphatic rings. The first kappa shape index (κ1) is 17.2. The SMILES string of the molecule is COCCNc1nc(Cl)ncc1CNc1c(CF)csc1Cl. The highest BCUT2D eigenvalue weighted by atomic mass is 35.5. The van der Waals surface area contributed by atoms with Crippen molar-refractivity contribution in [2.75, 3.05) is 30.9 Å². The summed E-state index contributed by atoms with van der Waals surface area (Å²) in [6.45, 7) is 0.959. The van der Waals surface area contributed by atoms with E-state index in [0.29, 0.717) is 41.1 Å². The summed E-state index contributed by atoms with van der Waals surface area (Å²) in [6, 6.07) is 0. The van der Waals surface area contributed by atoms with Crippen LogP contribution in [0.5, 0.6) is 0 Å². The topological polar surface area (TPSA) is 59.1 Å². The van der Waals surface area contributed by atoms with Crippen molar-refractivity contribution in [1.82, 2.24) is 9.97 Å². The van der Waals surface area contributed by atoms with Crippen molar-refractivity contribution in [3.05, 3.63) is 32.3 Å². The molecule has 120 valence electrons. The molecule has 0 amide bonds. The summed E-state index contributed by atoms with van der Waals surface area (Å²) in [5, 5.41) is 8.10. The lowest BCUT2D eigenvalue weighted by atomic mass is 10.2. The smallest absolute Gasteiger partial charge is 0.224 e. The molecule has 0 aliphatic carbocycles. The molecule has 2 rings (SSSR count). The Morgan fingerprint density at radius 3 is 2.86 bits per heavy atom. The summed E-state index contributed by atoms with van der Waals surface area (Å²) in [5.41, 5.74) is 1.94. The first-order chi connectivity index (χ1) is 10.7. The molecule has 0 radical (unpaired) electrons. The van der Waals surface area contributed by atoms with Crippen LogP contribution in [0.15, 0.2) is 11.6 Å². The number of rotatable bonds is 8. The van der Waals surface area contributed by atoms with Gasteiger partial charge in [-0.15, -0.1) is 11.3 Å². The van der Waals surface area contributed by atoms with Crippen LogP contribution in [-0.2, 0) is 18.0 Å². The van der Waals surface area contributed by atoms with Gasteiger partial charge in [0.1, 0.15) is 16.8 Å². The predicted octanol–water partition coefficient (Wildman–Crippen LogP) is 3.98. The third kappa shape index (κ3) is 4.42. The number of anilines is 2. The van der Waals surface area contributed by atoms with Gasteiger partial charge in [0.05, 0.1) is 12.3 Å². The van der Waals surface area contributed by atoms with Crippen LogP contribution in [0.2, 0.25) is 9.62 Å². The van der Waals surface area contributed by atoms with Gasteiger partial charge in [0.15, 0.2) is 0 Å². The van der Waals surface area contributed by atoms with Crippen molar-refractivity contribution in [2.45, 2.75) is 13.2 Å². The molecule has 0 saturated carbocycles. The first-order valence-electron chi connectivity index (χ1n) is 6.45. The molecule has 22 heavy (non-hydrogen) atoms. The van der Waals surface area contributed by atoms with Crippen LogP contribution in [0.3, 0.4) is 0 Å². The van der Waals surface area contributed by atoms with Gasteiger partial charge in [0, 0.05) is 42.9 Å². The van der Waals surface area contributed by atoms with E-state index in [9.17, 15) is 4.39 Å². The van der Waals surface area contributed by atoms with Crippen molar-refractivity contribution in [1.29, 1.82) is 0 Å². The fourth-order valence-corrected chi connectivity index (χ4v) is 2.97. The second kappa shape index (κ2) is 8.47. The van der Waals surface area contributed by atoms with Gasteiger partial charge in [-0.3, -0.25) is 0 Å². The van der Waals surface area contributed by atoms with Crippen molar-refractivity contribution >= 4 is 46.0 Å². The predicted molar refractivity (Wildman–Crippen MR) is 88.9 cm³/mol. The number of ether oxygens (including phenoxy) is 1. The molecule has 2 heterocycles. The number of alkyl halides is 1. The number of aromatic nitrogens is 2. The number of halogens is 3. The Bertz CT molecular complexity index is 626. The minimum absolute atomic E-state index is 0.154. The maximum Gasteiger partial charge on any atom is 0.224 e. The fourth-order valence-electron chi connectivity index (χ4n) is 1.77.